The van der Waals surface area contributed by atoms with E-state index in [1.165, 1.54) is 103 Å². The third-order valence-electron chi connectivity index (χ3n) is 4.86. The largest absolute Gasteiger partial charge is 0.381 e. The highest BCUT2D eigenvalue weighted by atomic mass is 16.6. The van der Waals surface area contributed by atoms with Gasteiger partial charge in [-0.3, -0.25) is 0 Å². The van der Waals surface area contributed by atoms with Crippen molar-refractivity contribution in [3.8, 4) is 0 Å². The van der Waals surface area contributed by atoms with E-state index in [-0.39, 0.29) is 0 Å². The Hall–Kier alpha value is -0.0800. The SMILES string of the molecule is CCCCCCCCCCCOCCCCCCCCC1CO1. The Balaban J connectivity index is 1.59. The van der Waals surface area contributed by atoms with Crippen molar-refractivity contribution in [3.05, 3.63) is 0 Å². The maximum Gasteiger partial charge on any atom is 0.0810 e. The molecule has 1 aliphatic heterocycles. The second-order valence-corrected chi connectivity index (χ2v) is 7.31. The van der Waals surface area contributed by atoms with Gasteiger partial charge in [0, 0.05) is 13.2 Å². The molecule has 0 aromatic heterocycles. The quantitative estimate of drug-likeness (QED) is 0.195. The molecular weight excluding hydrogens is 284 g/mol. The first-order valence-electron chi connectivity index (χ1n) is 10.6. The van der Waals surface area contributed by atoms with Crippen LogP contribution < -0.4 is 0 Å². The number of unbranched alkanes of at least 4 members (excludes halogenated alkanes) is 13. The Morgan fingerprint density at radius 1 is 0.652 bits per heavy atom. The average molecular weight is 327 g/mol. The molecule has 0 spiro atoms. The minimum absolute atomic E-state index is 0.629. The predicted octanol–water partition coefficient (Wildman–Crippen LogP) is 6.66. The average Bonchev–Trinajstić information content (AvgIpc) is 3.38. The molecular formula is C21H42O2. The van der Waals surface area contributed by atoms with Gasteiger partial charge < -0.3 is 9.47 Å². The molecule has 2 heteroatoms. The van der Waals surface area contributed by atoms with E-state index in [2.05, 4.69) is 6.92 Å². The van der Waals surface area contributed by atoms with Gasteiger partial charge in [-0.1, -0.05) is 90.4 Å². The first-order chi connectivity index (χ1) is 11.4. The molecule has 1 aliphatic rings. The number of epoxide rings is 1. The molecule has 0 bridgehead atoms. The zero-order valence-corrected chi connectivity index (χ0v) is 15.8. The van der Waals surface area contributed by atoms with Crippen LogP contribution in [0.25, 0.3) is 0 Å². The van der Waals surface area contributed by atoms with Crippen molar-refractivity contribution in [2.24, 2.45) is 0 Å². The molecule has 0 aliphatic carbocycles. The molecule has 2 nitrogen and oxygen atoms in total. The van der Waals surface area contributed by atoms with Crippen LogP contribution in [0.4, 0.5) is 0 Å². The van der Waals surface area contributed by atoms with Gasteiger partial charge >= 0.3 is 0 Å². The van der Waals surface area contributed by atoms with Gasteiger partial charge in [-0.05, 0) is 19.3 Å². The lowest BCUT2D eigenvalue weighted by molar-refractivity contribution is 0.125. The molecule has 1 heterocycles. The molecule has 1 fully saturated rings. The second-order valence-electron chi connectivity index (χ2n) is 7.31. The van der Waals surface area contributed by atoms with E-state index in [0.29, 0.717) is 6.10 Å². The van der Waals surface area contributed by atoms with E-state index in [4.69, 9.17) is 9.47 Å². The fourth-order valence-electron chi connectivity index (χ4n) is 3.13. The van der Waals surface area contributed by atoms with Crippen LogP contribution in [0.5, 0.6) is 0 Å². The third-order valence-corrected chi connectivity index (χ3v) is 4.86. The molecule has 0 aromatic rings. The molecule has 0 N–H and O–H groups in total. The molecule has 1 saturated heterocycles. The van der Waals surface area contributed by atoms with Crippen molar-refractivity contribution in [3.63, 3.8) is 0 Å². The van der Waals surface area contributed by atoms with Crippen LogP contribution in [0, 0.1) is 0 Å². The first-order valence-corrected chi connectivity index (χ1v) is 10.6. The van der Waals surface area contributed by atoms with Gasteiger partial charge in [-0.25, -0.2) is 0 Å². The summed E-state index contributed by atoms with van der Waals surface area (Å²) < 4.78 is 11.0. The summed E-state index contributed by atoms with van der Waals surface area (Å²) in [6, 6.07) is 0. The zero-order chi connectivity index (χ0) is 16.4. The van der Waals surface area contributed by atoms with E-state index < -0.39 is 0 Å². The van der Waals surface area contributed by atoms with E-state index in [9.17, 15) is 0 Å². The van der Waals surface area contributed by atoms with Crippen LogP contribution in [0.3, 0.4) is 0 Å². The van der Waals surface area contributed by atoms with Gasteiger partial charge in [0.2, 0.25) is 0 Å². The normalized spacial score (nSPS) is 16.8. The summed E-state index contributed by atoms with van der Waals surface area (Å²) in [7, 11) is 0. The summed E-state index contributed by atoms with van der Waals surface area (Å²) in [5.74, 6) is 0. The molecule has 138 valence electrons. The number of hydrogen-bond acceptors (Lipinski definition) is 2. The lowest BCUT2D eigenvalue weighted by atomic mass is 10.1. The van der Waals surface area contributed by atoms with Crippen LogP contribution in [-0.4, -0.2) is 25.9 Å². The zero-order valence-electron chi connectivity index (χ0n) is 15.8. The molecule has 0 saturated carbocycles. The Morgan fingerprint density at radius 2 is 1.09 bits per heavy atom. The number of rotatable bonds is 19. The molecule has 1 unspecified atom stereocenters. The first kappa shape index (κ1) is 21.0. The van der Waals surface area contributed by atoms with Gasteiger partial charge in [-0.15, -0.1) is 0 Å². The van der Waals surface area contributed by atoms with Crippen molar-refractivity contribution in [1.29, 1.82) is 0 Å². The summed E-state index contributed by atoms with van der Waals surface area (Å²) in [6.45, 7) is 5.27. The van der Waals surface area contributed by atoms with Gasteiger partial charge in [0.1, 0.15) is 0 Å². The van der Waals surface area contributed by atoms with Crippen molar-refractivity contribution in [2.75, 3.05) is 19.8 Å². The molecule has 1 atom stereocenters. The van der Waals surface area contributed by atoms with E-state index in [1.54, 1.807) is 0 Å². The van der Waals surface area contributed by atoms with Crippen molar-refractivity contribution in [1.82, 2.24) is 0 Å². The number of hydrogen-bond donors (Lipinski definition) is 0. The van der Waals surface area contributed by atoms with Gasteiger partial charge in [0.05, 0.1) is 12.7 Å². The van der Waals surface area contributed by atoms with Crippen LogP contribution in [0.15, 0.2) is 0 Å². The topological polar surface area (TPSA) is 21.8 Å². The Labute approximate surface area is 145 Å². The summed E-state index contributed by atoms with van der Waals surface area (Å²) in [4.78, 5) is 0. The fourth-order valence-corrected chi connectivity index (χ4v) is 3.13. The molecule has 0 amide bonds. The van der Waals surface area contributed by atoms with Crippen molar-refractivity contribution >= 4 is 0 Å². The minimum atomic E-state index is 0.629. The number of ether oxygens (including phenoxy) is 2. The lowest BCUT2D eigenvalue weighted by Gasteiger charge is -2.05. The van der Waals surface area contributed by atoms with Gasteiger partial charge in [0.15, 0.2) is 0 Å². The standard InChI is InChI=1S/C21H42O2/c1-2-3-4-5-6-7-9-12-15-18-22-19-16-13-10-8-11-14-17-21-20-23-21/h21H,2-20H2,1H3. The highest BCUT2D eigenvalue weighted by Crippen LogP contribution is 2.18. The Morgan fingerprint density at radius 3 is 1.57 bits per heavy atom. The molecule has 1 rings (SSSR count). The summed E-state index contributed by atoms with van der Waals surface area (Å²) in [5.41, 5.74) is 0. The smallest absolute Gasteiger partial charge is 0.0810 e. The van der Waals surface area contributed by atoms with E-state index in [1.807, 2.05) is 0 Å². The van der Waals surface area contributed by atoms with Crippen LogP contribution >= 0.6 is 0 Å². The molecule has 23 heavy (non-hydrogen) atoms. The van der Waals surface area contributed by atoms with Crippen molar-refractivity contribution in [2.45, 2.75) is 116 Å². The van der Waals surface area contributed by atoms with Crippen molar-refractivity contribution < 1.29 is 9.47 Å². The maximum absolute atomic E-state index is 5.74. The van der Waals surface area contributed by atoms with Crippen LogP contribution in [-0.2, 0) is 9.47 Å². The summed E-state index contributed by atoms with van der Waals surface area (Å²) >= 11 is 0. The molecule has 0 radical (unpaired) electrons. The van der Waals surface area contributed by atoms with Gasteiger partial charge in [0.25, 0.3) is 0 Å². The lowest BCUT2D eigenvalue weighted by Crippen LogP contribution is -1.97. The van der Waals surface area contributed by atoms with E-state index in [0.717, 1.165) is 19.8 Å². The Kier molecular flexibility index (Phi) is 15.3. The predicted molar refractivity (Wildman–Crippen MR) is 100 cm³/mol. The third kappa shape index (κ3) is 16.6. The summed E-state index contributed by atoms with van der Waals surface area (Å²) in [6.07, 6.45) is 22.6. The Bertz CT molecular complexity index is 226. The monoisotopic (exact) mass is 326 g/mol. The second kappa shape index (κ2) is 16.8. The molecule has 0 aromatic carbocycles. The highest BCUT2D eigenvalue weighted by Gasteiger charge is 2.20. The maximum atomic E-state index is 5.74. The summed E-state index contributed by atoms with van der Waals surface area (Å²) in [5, 5.41) is 0. The van der Waals surface area contributed by atoms with Gasteiger partial charge in [-0.2, -0.15) is 0 Å². The minimum Gasteiger partial charge on any atom is -0.381 e. The van der Waals surface area contributed by atoms with Crippen LogP contribution in [0.2, 0.25) is 0 Å². The van der Waals surface area contributed by atoms with E-state index >= 15 is 0 Å². The van der Waals surface area contributed by atoms with Crippen LogP contribution in [0.1, 0.15) is 110 Å². The highest BCUT2D eigenvalue weighted by molar-refractivity contribution is 4.68. The fraction of sp³-hybridized carbons (Fsp3) is 1.00.